The van der Waals surface area contributed by atoms with Crippen molar-refractivity contribution in [2.45, 2.75) is 43.7 Å². The number of benzene rings is 1. The first kappa shape index (κ1) is 14.9. The fraction of sp³-hybridized carbons (Fsp3) is 0.647. The molecule has 0 spiro atoms. The van der Waals surface area contributed by atoms with Crippen LogP contribution in [-0.2, 0) is 11.2 Å². The third-order valence-corrected chi connectivity index (χ3v) is 4.82. The predicted octanol–water partition coefficient (Wildman–Crippen LogP) is 2.37. The van der Waals surface area contributed by atoms with Crippen molar-refractivity contribution in [1.82, 2.24) is 4.90 Å². The van der Waals surface area contributed by atoms with Crippen molar-refractivity contribution >= 4 is 0 Å². The molecular weight excluding hydrogens is 269 g/mol. The Balaban J connectivity index is 1.72. The highest BCUT2D eigenvalue weighted by Gasteiger charge is 2.39. The van der Waals surface area contributed by atoms with E-state index in [0.717, 1.165) is 18.7 Å². The molecule has 1 aromatic rings. The molecule has 3 rings (SSSR count). The molecule has 1 aliphatic carbocycles. The summed E-state index contributed by atoms with van der Waals surface area (Å²) in [6, 6.07) is 7.23. The second-order valence-corrected chi connectivity index (χ2v) is 6.41. The quantitative estimate of drug-likeness (QED) is 0.925. The van der Waals surface area contributed by atoms with Crippen LogP contribution in [-0.4, -0.2) is 48.0 Å². The molecule has 116 valence electrons. The number of nitrogens with zero attached hydrogens (tertiary/aromatic N) is 1. The minimum atomic E-state index is -0.589. The van der Waals surface area contributed by atoms with Crippen molar-refractivity contribution in [2.75, 3.05) is 26.3 Å². The summed E-state index contributed by atoms with van der Waals surface area (Å²) in [7, 11) is 0. The zero-order chi connectivity index (χ0) is 14.7. The zero-order valence-electron chi connectivity index (χ0n) is 12.4. The second kappa shape index (κ2) is 6.42. The van der Waals surface area contributed by atoms with Gasteiger partial charge in [0.25, 0.3) is 0 Å². The van der Waals surface area contributed by atoms with E-state index in [4.69, 9.17) is 4.74 Å². The molecule has 0 bridgehead atoms. The van der Waals surface area contributed by atoms with Crippen molar-refractivity contribution in [3.8, 4) is 0 Å². The van der Waals surface area contributed by atoms with E-state index >= 15 is 0 Å². The predicted molar refractivity (Wildman–Crippen MR) is 79.7 cm³/mol. The van der Waals surface area contributed by atoms with Crippen LogP contribution >= 0.6 is 0 Å². The second-order valence-electron chi connectivity index (χ2n) is 6.41. The fourth-order valence-electron chi connectivity index (χ4n) is 3.73. The molecule has 4 heteroatoms. The SMILES string of the molecule is OCC1(Cc2cccc(F)c2)CN(C2CCCC2)CCO1. The van der Waals surface area contributed by atoms with Crippen LogP contribution in [0.3, 0.4) is 0 Å². The molecule has 0 radical (unpaired) electrons. The lowest BCUT2D eigenvalue weighted by atomic mass is 9.92. The molecule has 2 fully saturated rings. The topological polar surface area (TPSA) is 32.7 Å². The summed E-state index contributed by atoms with van der Waals surface area (Å²) in [5, 5.41) is 9.89. The van der Waals surface area contributed by atoms with Gasteiger partial charge in [-0.1, -0.05) is 25.0 Å². The van der Waals surface area contributed by atoms with Crippen molar-refractivity contribution in [3.05, 3.63) is 35.6 Å². The number of morpholine rings is 1. The summed E-state index contributed by atoms with van der Waals surface area (Å²) in [5.74, 6) is -0.232. The number of aliphatic hydroxyl groups is 1. The number of hydrogen-bond donors (Lipinski definition) is 1. The van der Waals surface area contributed by atoms with Crippen LogP contribution in [0.5, 0.6) is 0 Å². The van der Waals surface area contributed by atoms with Gasteiger partial charge in [0.1, 0.15) is 11.4 Å². The highest BCUT2D eigenvalue weighted by Crippen LogP contribution is 2.29. The molecule has 0 aromatic heterocycles. The van der Waals surface area contributed by atoms with Crippen LogP contribution in [0.2, 0.25) is 0 Å². The molecular formula is C17H24FNO2. The van der Waals surface area contributed by atoms with E-state index in [1.807, 2.05) is 6.07 Å². The molecule has 1 unspecified atom stereocenters. The molecule has 1 saturated heterocycles. The van der Waals surface area contributed by atoms with Crippen LogP contribution in [0.1, 0.15) is 31.2 Å². The smallest absolute Gasteiger partial charge is 0.123 e. The maximum Gasteiger partial charge on any atom is 0.123 e. The summed E-state index contributed by atoms with van der Waals surface area (Å²) in [6.07, 6.45) is 5.67. The molecule has 1 aromatic carbocycles. The molecule has 1 saturated carbocycles. The first-order valence-electron chi connectivity index (χ1n) is 7.94. The van der Waals surface area contributed by atoms with E-state index in [0.29, 0.717) is 19.1 Å². The van der Waals surface area contributed by atoms with Gasteiger partial charge in [0.05, 0.1) is 13.2 Å². The Kier molecular flexibility index (Phi) is 4.57. The van der Waals surface area contributed by atoms with Crippen molar-refractivity contribution in [3.63, 3.8) is 0 Å². The molecule has 1 aliphatic heterocycles. The number of aliphatic hydroxyl groups excluding tert-OH is 1. The maximum absolute atomic E-state index is 13.4. The van der Waals surface area contributed by atoms with Gasteiger partial charge in [-0.15, -0.1) is 0 Å². The third kappa shape index (κ3) is 3.44. The number of hydrogen-bond acceptors (Lipinski definition) is 3. The largest absolute Gasteiger partial charge is 0.393 e. The summed E-state index contributed by atoms with van der Waals surface area (Å²) in [6.45, 7) is 2.30. The van der Waals surface area contributed by atoms with Gasteiger partial charge >= 0.3 is 0 Å². The van der Waals surface area contributed by atoms with Crippen LogP contribution in [0.4, 0.5) is 4.39 Å². The minimum absolute atomic E-state index is 0.0211. The molecule has 1 N–H and O–H groups in total. The number of halogens is 1. The van der Waals surface area contributed by atoms with Crippen molar-refractivity contribution in [2.24, 2.45) is 0 Å². The Labute approximate surface area is 125 Å². The standard InChI is InChI=1S/C17H24FNO2/c18-15-5-3-4-14(10-15)11-17(13-20)12-19(8-9-21-17)16-6-1-2-7-16/h3-5,10,16,20H,1-2,6-9,11-13H2. The minimum Gasteiger partial charge on any atom is -0.393 e. The van der Waals surface area contributed by atoms with Crippen molar-refractivity contribution in [1.29, 1.82) is 0 Å². The van der Waals surface area contributed by atoms with Crippen LogP contribution in [0.15, 0.2) is 24.3 Å². The summed E-state index contributed by atoms with van der Waals surface area (Å²) >= 11 is 0. The number of rotatable bonds is 4. The zero-order valence-corrected chi connectivity index (χ0v) is 12.4. The monoisotopic (exact) mass is 293 g/mol. The van der Waals surface area contributed by atoms with E-state index in [1.165, 1.54) is 37.8 Å². The van der Waals surface area contributed by atoms with E-state index in [2.05, 4.69) is 4.90 Å². The first-order valence-corrected chi connectivity index (χ1v) is 7.94. The lowest BCUT2D eigenvalue weighted by Crippen LogP contribution is -2.57. The van der Waals surface area contributed by atoms with Crippen LogP contribution in [0, 0.1) is 5.82 Å². The Morgan fingerprint density at radius 2 is 2.14 bits per heavy atom. The first-order chi connectivity index (χ1) is 10.2. The molecule has 1 atom stereocenters. The Bertz CT molecular complexity index is 476. The van der Waals surface area contributed by atoms with Gasteiger partial charge in [-0.05, 0) is 30.5 Å². The fourth-order valence-corrected chi connectivity index (χ4v) is 3.73. The lowest BCUT2D eigenvalue weighted by Gasteiger charge is -2.44. The van der Waals surface area contributed by atoms with Gasteiger partial charge in [0.15, 0.2) is 0 Å². The summed E-state index contributed by atoms with van der Waals surface area (Å²) in [4.78, 5) is 2.46. The Hall–Kier alpha value is -0.970. The van der Waals surface area contributed by atoms with Crippen LogP contribution < -0.4 is 0 Å². The molecule has 1 heterocycles. The highest BCUT2D eigenvalue weighted by atomic mass is 19.1. The molecule has 21 heavy (non-hydrogen) atoms. The van der Waals surface area contributed by atoms with Gasteiger partial charge in [0, 0.05) is 25.6 Å². The van der Waals surface area contributed by atoms with Gasteiger partial charge in [0.2, 0.25) is 0 Å². The van der Waals surface area contributed by atoms with Gasteiger partial charge in [-0.25, -0.2) is 4.39 Å². The average Bonchev–Trinajstić information content (AvgIpc) is 3.02. The summed E-state index contributed by atoms with van der Waals surface area (Å²) < 4.78 is 19.3. The van der Waals surface area contributed by atoms with E-state index < -0.39 is 5.60 Å². The van der Waals surface area contributed by atoms with E-state index in [9.17, 15) is 9.50 Å². The molecule has 2 aliphatic rings. The molecule has 0 amide bonds. The lowest BCUT2D eigenvalue weighted by molar-refractivity contribution is -0.139. The van der Waals surface area contributed by atoms with E-state index in [-0.39, 0.29) is 12.4 Å². The summed E-state index contributed by atoms with van der Waals surface area (Å²) in [5.41, 5.74) is 0.298. The van der Waals surface area contributed by atoms with Crippen molar-refractivity contribution < 1.29 is 14.2 Å². The normalized spacial score (nSPS) is 28.1. The Morgan fingerprint density at radius 3 is 2.86 bits per heavy atom. The van der Waals surface area contributed by atoms with Gasteiger partial charge < -0.3 is 9.84 Å². The number of ether oxygens (including phenoxy) is 1. The average molecular weight is 293 g/mol. The molecule has 3 nitrogen and oxygen atoms in total. The Morgan fingerprint density at radius 1 is 1.33 bits per heavy atom. The highest BCUT2D eigenvalue weighted by molar-refractivity contribution is 5.19. The van der Waals surface area contributed by atoms with Crippen LogP contribution in [0.25, 0.3) is 0 Å². The third-order valence-electron chi connectivity index (χ3n) is 4.82. The maximum atomic E-state index is 13.4. The van der Waals surface area contributed by atoms with E-state index in [1.54, 1.807) is 6.07 Å². The van der Waals surface area contributed by atoms with Gasteiger partial charge in [-0.3, -0.25) is 4.90 Å². The van der Waals surface area contributed by atoms with Gasteiger partial charge in [-0.2, -0.15) is 0 Å².